The quantitative estimate of drug-likeness (QED) is 0.630. The molecule has 1 rings (SSSR count). The standard InChI is InChI=1S/C9H16N2O2/c1-7(12)11-6-4-5-9(11,2)8(13)10-3/h4-6H2,1-3H3,(H,10,13). The second-order valence-electron chi connectivity index (χ2n) is 3.63. The maximum atomic E-state index is 11.5. The fourth-order valence-electron chi connectivity index (χ4n) is 1.97. The molecule has 2 amide bonds. The van der Waals surface area contributed by atoms with E-state index in [4.69, 9.17) is 0 Å². The van der Waals surface area contributed by atoms with Gasteiger partial charge >= 0.3 is 0 Å². The minimum Gasteiger partial charge on any atom is -0.357 e. The Hall–Kier alpha value is -1.06. The van der Waals surface area contributed by atoms with Crippen LogP contribution in [0.5, 0.6) is 0 Å². The summed E-state index contributed by atoms with van der Waals surface area (Å²) in [6, 6.07) is 0. The minimum atomic E-state index is -0.624. The first-order chi connectivity index (χ1) is 6.02. The lowest BCUT2D eigenvalue weighted by atomic mass is 9.98. The fraction of sp³-hybridized carbons (Fsp3) is 0.778. The number of amides is 2. The molecule has 1 aliphatic rings. The highest BCUT2D eigenvalue weighted by atomic mass is 16.2. The van der Waals surface area contributed by atoms with Crippen molar-refractivity contribution in [3.05, 3.63) is 0 Å². The fourth-order valence-corrected chi connectivity index (χ4v) is 1.97. The van der Waals surface area contributed by atoms with Crippen LogP contribution in [0.2, 0.25) is 0 Å². The normalized spacial score (nSPS) is 27.5. The Balaban J connectivity index is 2.87. The van der Waals surface area contributed by atoms with Gasteiger partial charge in [-0.1, -0.05) is 0 Å². The highest BCUT2D eigenvalue weighted by Gasteiger charge is 2.43. The number of hydrogen-bond donors (Lipinski definition) is 1. The number of nitrogens with zero attached hydrogens (tertiary/aromatic N) is 1. The van der Waals surface area contributed by atoms with E-state index in [-0.39, 0.29) is 11.8 Å². The molecule has 0 saturated carbocycles. The van der Waals surface area contributed by atoms with E-state index in [1.54, 1.807) is 11.9 Å². The third-order valence-corrected chi connectivity index (χ3v) is 2.74. The largest absolute Gasteiger partial charge is 0.357 e. The van der Waals surface area contributed by atoms with E-state index in [9.17, 15) is 9.59 Å². The summed E-state index contributed by atoms with van der Waals surface area (Å²) in [7, 11) is 1.60. The molecule has 0 radical (unpaired) electrons. The molecule has 1 saturated heterocycles. The molecule has 1 atom stereocenters. The van der Waals surface area contributed by atoms with Gasteiger partial charge in [-0.05, 0) is 19.8 Å². The summed E-state index contributed by atoms with van der Waals surface area (Å²) < 4.78 is 0. The Morgan fingerprint density at radius 2 is 2.08 bits per heavy atom. The molecule has 4 heteroatoms. The van der Waals surface area contributed by atoms with Gasteiger partial charge in [0.05, 0.1) is 0 Å². The van der Waals surface area contributed by atoms with Crippen molar-refractivity contribution in [1.29, 1.82) is 0 Å². The van der Waals surface area contributed by atoms with Crippen LogP contribution in [0.25, 0.3) is 0 Å². The van der Waals surface area contributed by atoms with Crippen LogP contribution in [0, 0.1) is 0 Å². The Kier molecular flexibility index (Phi) is 2.59. The van der Waals surface area contributed by atoms with Gasteiger partial charge in [0, 0.05) is 20.5 Å². The van der Waals surface area contributed by atoms with Gasteiger partial charge in [-0.2, -0.15) is 0 Å². The molecule has 1 unspecified atom stereocenters. The lowest BCUT2D eigenvalue weighted by molar-refractivity contribution is -0.142. The molecule has 1 aliphatic heterocycles. The average Bonchev–Trinajstić information content (AvgIpc) is 2.47. The predicted molar refractivity (Wildman–Crippen MR) is 49.1 cm³/mol. The monoisotopic (exact) mass is 184 g/mol. The molecule has 0 bridgehead atoms. The Morgan fingerprint density at radius 3 is 2.54 bits per heavy atom. The minimum absolute atomic E-state index is 0.0244. The van der Waals surface area contributed by atoms with E-state index < -0.39 is 5.54 Å². The number of hydrogen-bond acceptors (Lipinski definition) is 2. The van der Waals surface area contributed by atoms with Crippen molar-refractivity contribution < 1.29 is 9.59 Å². The maximum absolute atomic E-state index is 11.5. The number of nitrogens with one attached hydrogen (secondary N) is 1. The lowest BCUT2D eigenvalue weighted by Gasteiger charge is -2.32. The van der Waals surface area contributed by atoms with Crippen molar-refractivity contribution in [2.75, 3.05) is 13.6 Å². The van der Waals surface area contributed by atoms with Crippen molar-refractivity contribution >= 4 is 11.8 Å². The highest BCUT2D eigenvalue weighted by molar-refractivity contribution is 5.90. The zero-order valence-electron chi connectivity index (χ0n) is 8.39. The van der Waals surface area contributed by atoms with Crippen LogP contribution in [-0.4, -0.2) is 35.8 Å². The Bertz CT molecular complexity index is 240. The van der Waals surface area contributed by atoms with Crippen LogP contribution >= 0.6 is 0 Å². The van der Waals surface area contributed by atoms with Crippen LogP contribution in [0.4, 0.5) is 0 Å². The van der Waals surface area contributed by atoms with Gasteiger partial charge in [0.2, 0.25) is 11.8 Å². The number of rotatable bonds is 1. The van der Waals surface area contributed by atoms with E-state index in [2.05, 4.69) is 5.32 Å². The van der Waals surface area contributed by atoms with Crippen molar-refractivity contribution in [2.45, 2.75) is 32.2 Å². The van der Waals surface area contributed by atoms with Crippen molar-refractivity contribution in [1.82, 2.24) is 10.2 Å². The van der Waals surface area contributed by atoms with Crippen molar-refractivity contribution in [3.63, 3.8) is 0 Å². The van der Waals surface area contributed by atoms with Gasteiger partial charge in [0.25, 0.3) is 0 Å². The molecule has 74 valence electrons. The van der Waals surface area contributed by atoms with E-state index in [0.29, 0.717) is 6.54 Å². The van der Waals surface area contributed by atoms with Crippen molar-refractivity contribution in [2.24, 2.45) is 0 Å². The summed E-state index contributed by atoms with van der Waals surface area (Å²) in [4.78, 5) is 24.4. The molecule has 0 aromatic heterocycles. The molecule has 1 heterocycles. The number of likely N-dealkylation sites (tertiary alicyclic amines) is 1. The molecular formula is C9H16N2O2. The predicted octanol–water partition coefficient (Wildman–Crippen LogP) is 0.133. The Morgan fingerprint density at radius 1 is 1.46 bits per heavy atom. The van der Waals surface area contributed by atoms with Crippen LogP contribution in [-0.2, 0) is 9.59 Å². The van der Waals surface area contributed by atoms with Gasteiger partial charge in [-0.15, -0.1) is 0 Å². The van der Waals surface area contributed by atoms with E-state index in [0.717, 1.165) is 12.8 Å². The number of carbonyl (C=O) groups is 2. The van der Waals surface area contributed by atoms with E-state index >= 15 is 0 Å². The molecule has 0 aromatic carbocycles. The second-order valence-corrected chi connectivity index (χ2v) is 3.63. The summed E-state index contributed by atoms with van der Waals surface area (Å²) in [5.74, 6) is -0.0937. The first-order valence-corrected chi connectivity index (χ1v) is 4.53. The topological polar surface area (TPSA) is 49.4 Å². The Labute approximate surface area is 78.3 Å². The number of carbonyl (C=O) groups excluding carboxylic acids is 2. The molecule has 13 heavy (non-hydrogen) atoms. The van der Waals surface area contributed by atoms with Gasteiger partial charge in [0.1, 0.15) is 5.54 Å². The van der Waals surface area contributed by atoms with E-state index in [1.165, 1.54) is 6.92 Å². The van der Waals surface area contributed by atoms with Crippen LogP contribution < -0.4 is 5.32 Å². The maximum Gasteiger partial charge on any atom is 0.245 e. The summed E-state index contributed by atoms with van der Waals surface area (Å²) >= 11 is 0. The highest BCUT2D eigenvalue weighted by Crippen LogP contribution is 2.28. The summed E-state index contributed by atoms with van der Waals surface area (Å²) in [5.41, 5.74) is -0.624. The zero-order chi connectivity index (χ0) is 10.1. The molecule has 1 fully saturated rings. The van der Waals surface area contributed by atoms with Crippen LogP contribution in [0.1, 0.15) is 26.7 Å². The summed E-state index contributed by atoms with van der Waals surface area (Å²) in [6.07, 6.45) is 1.66. The second kappa shape index (κ2) is 3.36. The van der Waals surface area contributed by atoms with E-state index in [1.807, 2.05) is 6.92 Å². The van der Waals surface area contributed by atoms with Crippen LogP contribution in [0.15, 0.2) is 0 Å². The third kappa shape index (κ3) is 1.53. The van der Waals surface area contributed by atoms with Crippen molar-refractivity contribution in [3.8, 4) is 0 Å². The molecule has 4 nitrogen and oxygen atoms in total. The van der Waals surface area contributed by atoms with Crippen LogP contribution in [0.3, 0.4) is 0 Å². The SMILES string of the molecule is CNC(=O)C1(C)CCCN1C(C)=O. The molecule has 0 spiro atoms. The van der Waals surface area contributed by atoms with Gasteiger partial charge < -0.3 is 10.2 Å². The lowest BCUT2D eigenvalue weighted by Crippen LogP contribution is -2.54. The molecule has 0 aromatic rings. The zero-order valence-corrected chi connectivity index (χ0v) is 8.39. The van der Waals surface area contributed by atoms with Gasteiger partial charge in [0.15, 0.2) is 0 Å². The first kappa shape index (κ1) is 10.0. The first-order valence-electron chi connectivity index (χ1n) is 4.53. The smallest absolute Gasteiger partial charge is 0.245 e. The van der Waals surface area contributed by atoms with Gasteiger partial charge in [-0.25, -0.2) is 0 Å². The molecule has 0 aliphatic carbocycles. The van der Waals surface area contributed by atoms with Gasteiger partial charge in [-0.3, -0.25) is 9.59 Å². The number of likely N-dealkylation sites (N-methyl/N-ethyl adjacent to an activating group) is 1. The summed E-state index contributed by atoms with van der Waals surface area (Å²) in [6.45, 7) is 4.02. The molecule has 1 N–H and O–H groups in total. The summed E-state index contributed by atoms with van der Waals surface area (Å²) in [5, 5.41) is 2.60. The molecular weight excluding hydrogens is 168 g/mol. The third-order valence-electron chi connectivity index (χ3n) is 2.74. The average molecular weight is 184 g/mol.